The molecule has 0 saturated carbocycles. The monoisotopic (exact) mass is 1300 g/mol. The number of benzene rings is 2. The lowest BCUT2D eigenvalue weighted by molar-refractivity contribution is -0.570. The van der Waals surface area contributed by atoms with Gasteiger partial charge in [0.2, 0.25) is 6.20 Å². The zero-order chi connectivity index (χ0) is 64.1. The molecule has 2 saturated heterocycles. The maximum Gasteiger partial charge on any atom is 0.393 e. The number of nitrogens with one attached hydrogen (secondary N) is 3. The molecule has 0 spiro atoms. The molecule has 0 unspecified atom stereocenters. The van der Waals surface area contributed by atoms with Crippen molar-refractivity contribution in [3.05, 3.63) is 165 Å². The number of likely N-dealkylation sites (tertiary alicyclic amines) is 2. The summed E-state index contributed by atoms with van der Waals surface area (Å²) in [5.74, 6) is 0.604. The average molecular weight is 1300 g/mol. The van der Waals surface area contributed by atoms with Crippen molar-refractivity contribution in [2.45, 2.75) is 116 Å². The minimum Gasteiger partial charge on any atom is -0.367 e. The van der Waals surface area contributed by atoms with Crippen molar-refractivity contribution in [3.8, 4) is 12.1 Å². The predicted molar refractivity (Wildman–Crippen MR) is 341 cm³/mol. The first kappa shape index (κ1) is 63.7. The van der Waals surface area contributed by atoms with Crippen LogP contribution in [0.3, 0.4) is 0 Å². The number of fused-ring (bicyclic) bond motifs is 4. The van der Waals surface area contributed by atoms with Crippen LogP contribution in [0.2, 0.25) is 0 Å². The van der Waals surface area contributed by atoms with Gasteiger partial charge in [-0.2, -0.15) is 42.0 Å². The SMILES string of the molecule is C=CC(=O)N[n+]1cc(CCn2c(C#N)cc3c(C)c(CN4CCC(Nc5ncnc6sc(CC(F)(F)F)cc56)CC4)ccc32)cs1.C=CC(=O)n1cc(CCn2c(C#N)cc3c(C)c(CN4CCC(Nc5ncnc6sc(CC(F)(F)F)cc56)CC4)ccc32)cn1. The molecule has 470 valence electrons. The third-order valence-corrected chi connectivity index (χ3v) is 19.5. The van der Waals surface area contributed by atoms with Crippen molar-refractivity contribution in [1.29, 1.82) is 10.5 Å². The second kappa shape index (κ2) is 27.3. The van der Waals surface area contributed by atoms with E-state index in [-0.39, 0.29) is 33.7 Å². The molecule has 18 nitrogen and oxygen atoms in total. The van der Waals surface area contributed by atoms with Crippen molar-refractivity contribution in [2.75, 3.05) is 42.2 Å². The van der Waals surface area contributed by atoms with E-state index in [9.17, 15) is 46.5 Å². The molecule has 1 amide bonds. The van der Waals surface area contributed by atoms with Crippen LogP contribution in [-0.2, 0) is 56.7 Å². The van der Waals surface area contributed by atoms with E-state index in [1.807, 2.05) is 28.3 Å². The molecule has 27 heteroatoms. The van der Waals surface area contributed by atoms with Crippen LogP contribution in [0.5, 0.6) is 0 Å². The number of thiophene rings is 2. The molecule has 2 aromatic carbocycles. The number of hydrogen-bond acceptors (Lipinski definition) is 16. The highest BCUT2D eigenvalue weighted by atomic mass is 32.1. The maximum atomic E-state index is 12.9. The number of nitrogens with zero attached hydrogens (tertiary/aromatic N) is 13. The molecule has 0 atom stereocenters. The van der Waals surface area contributed by atoms with E-state index in [1.165, 1.54) is 52.1 Å². The molecule has 0 radical (unpaired) electrons. The van der Waals surface area contributed by atoms with Gasteiger partial charge in [0.1, 0.15) is 57.5 Å². The summed E-state index contributed by atoms with van der Waals surface area (Å²) in [6, 6.07) is 20.5. The van der Waals surface area contributed by atoms with Crippen LogP contribution in [0.4, 0.5) is 38.0 Å². The predicted octanol–water partition coefficient (Wildman–Crippen LogP) is 12.1. The fourth-order valence-corrected chi connectivity index (χ4v) is 14.7. The van der Waals surface area contributed by atoms with Crippen LogP contribution in [-0.4, -0.2) is 111 Å². The van der Waals surface area contributed by atoms with Crippen LogP contribution in [0.1, 0.15) is 85.0 Å². The molecule has 2 aliphatic rings. The molecule has 2 fully saturated rings. The van der Waals surface area contributed by atoms with Gasteiger partial charge in [0.15, 0.2) is 11.5 Å². The van der Waals surface area contributed by atoms with Gasteiger partial charge in [-0.05, 0) is 127 Å². The fourth-order valence-electron chi connectivity index (χ4n) is 11.9. The molecule has 10 heterocycles. The van der Waals surface area contributed by atoms with E-state index in [1.54, 1.807) is 28.6 Å². The van der Waals surface area contributed by atoms with Gasteiger partial charge in [0.25, 0.3) is 11.8 Å². The standard InChI is InChI=1S/C32H31F3N8OS2.C32H31F3N8OS/c1-3-29(44)40-43-16-21(18-45-43)6-11-42-24(15-36)12-26-20(2)22(4-5-28(26)42)17-41-9-7-23(8-10-41)39-30-27-13-25(14-32(33,34)35)46-31(27)38-19-37-30;1-3-29(44)43-17-21(16-39-43)6-11-42-24(15-36)12-26-20(2)22(4-5-28(26)42)18-41-9-7-23(8-10-41)40-30-27-13-25(14-32(33,34)35)45-31(27)38-19-37-30/h3-5,12-13,16,18-19,23H,1,6-11,14,17H2,2H3,(H-,37,38,39,40,44);3-5,12-13,16-17,19,23H,1,6-11,14,18H2,2H3,(H,37,38,40)/p+1. The lowest BCUT2D eigenvalue weighted by Gasteiger charge is -2.33. The molecule has 91 heavy (non-hydrogen) atoms. The van der Waals surface area contributed by atoms with Gasteiger partial charge in [-0.3, -0.25) is 19.4 Å². The van der Waals surface area contributed by atoms with Crippen LogP contribution >= 0.6 is 34.2 Å². The van der Waals surface area contributed by atoms with Crippen LogP contribution in [0, 0.1) is 36.5 Å². The Morgan fingerprint density at radius 2 is 1.16 bits per heavy atom. The number of carbonyl (C=O) groups excluding carboxylic acids is 2. The van der Waals surface area contributed by atoms with Crippen molar-refractivity contribution in [1.82, 2.24) is 48.7 Å². The van der Waals surface area contributed by atoms with Crippen LogP contribution < -0.4 is 20.1 Å². The molecule has 0 bridgehead atoms. The van der Waals surface area contributed by atoms with Gasteiger partial charge in [0.05, 0.1) is 35.2 Å². The number of hydrogen-bond donors (Lipinski definition) is 3. The molecule has 2 aliphatic heterocycles. The molecule has 3 N–H and O–H groups in total. The molecule has 0 aliphatic carbocycles. The highest BCUT2D eigenvalue weighted by Gasteiger charge is 2.31. The third kappa shape index (κ3) is 15.2. The highest BCUT2D eigenvalue weighted by molar-refractivity contribution is 7.19. The summed E-state index contributed by atoms with van der Waals surface area (Å²) in [6.07, 6.45) is 4.82. The number of nitriles is 2. The van der Waals surface area contributed by atoms with Crippen molar-refractivity contribution in [2.24, 2.45) is 0 Å². The van der Waals surface area contributed by atoms with Crippen LogP contribution in [0.25, 0.3) is 42.2 Å². The number of halogens is 6. The molecule has 10 aromatic rings. The first-order chi connectivity index (χ1) is 43.7. The molecular formula is C64H63F6N16O2S3+. The first-order valence-corrected chi connectivity index (χ1v) is 31.9. The summed E-state index contributed by atoms with van der Waals surface area (Å²) in [4.78, 5) is 46.8. The number of aryl methyl sites for hydroxylation is 6. The van der Waals surface area contributed by atoms with Gasteiger partial charge in [-0.25, -0.2) is 24.6 Å². The van der Waals surface area contributed by atoms with E-state index in [0.717, 1.165) is 132 Å². The Morgan fingerprint density at radius 3 is 1.62 bits per heavy atom. The summed E-state index contributed by atoms with van der Waals surface area (Å²) < 4.78 is 84.5. The highest BCUT2D eigenvalue weighted by Crippen LogP contribution is 2.36. The minimum absolute atomic E-state index is 0.156. The molecule has 8 aromatic heterocycles. The summed E-state index contributed by atoms with van der Waals surface area (Å²) >= 11 is 3.50. The van der Waals surface area contributed by atoms with E-state index in [2.05, 4.69) is 119 Å². The minimum atomic E-state index is -4.26. The third-order valence-electron chi connectivity index (χ3n) is 16.6. The quantitative estimate of drug-likeness (QED) is 0.0392. The van der Waals surface area contributed by atoms with Gasteiger partial charge in [0, 0.05) is 114 Å². The topological polar surface area (TPSA) is 207 Å². The van der Waals surface area contributed by atoms with Gasteiger partial charge >= 0.3 is 12.4 Å². The van der Waals surface area contributed by atoms with Gasteiger partial charge in [-0.1, -0.05) is 25.3 Å². The summed E-state index contributed by atoms with van der Waals surface area (Å²) in [5.41, 5.74) is 12.6. The fraction of sp³-hybridized carbons (Fsp3) is 0.344. The summed E-state index contributed by atoms with van der Waals surface area (Å²) in [6.45, 7) is 17.4. The Morgan fingerprint density at radius 1 is 0.681 bits per heavy atom. The maximum absolute atomic E-state index is 12.9. The Kier molecular flexibility index (Phi) is 19.1. The normalized spacial score (nSPS) is 14.6. The van der Waals surface area contributed by atoms with Gasteiger partial charge in [-0.15, -0.1) is 28.1 Å². The van der Waals surface area contributed by atoms with Crippen molar-refractivity contribution >= 4 is 99.9 Å². The number of alkyl halides is 6. The molecule has 12 rings (SSSR count). The lowest BCUT2D eigenvalue weighted by atomic mass is 10.0. The van der Waals surface area contributed by atoms with Crippen LogP contribution in [0.15, 0.2) is 110 Å². The van der Waals surface area contributed by atoms with E-state index < -0.39 is 25.2 Å². The summed E-state index contributed by atoms with van der Waals surface area (Å²) in [7, 11) is 0. The number of amides is 1. The molecular weight excluding hydrogens is 1240 g/mol. The summed E-state index contributed by atoms with van der Waals surface area (Å²) in [5, 5.41) is 36.2. The van der Waals surface area contributed by atoms with E-state index in [0.29, 0.717) is 69.4 Å². The lowest BCUT2D eigenvalue weighted by Crippen LogP contribution is -2.43. The van der Waals surface area contributed by atoms with E-state index in [4.69, 9.17) is 0 Å². The number of allylic oxidation sites excluding steroid dienone is 1. The second-order valence-corrected chi connectivity index (χ2v) is 25.8. The Hall–Kier alpha value is -8.86. The number of anilines is 2. The zero-order valence-corrected chi connectivity index (χ0v) is 52.2. The Balaban J connectivity index is 0.000000187. The number of aromatic nitrogens is 9. The second-order valence-electron chi connectivity index (χ2n) is 22.7. The van der Waals surface area contributed by atoms with Gasteiger partial charge < -0.3 is 19.8 Å². The Bertz CT molecular complexity index is 4430. The number of rotatable bonds is 19. The van der Waals surface area contributed by atoms with Crippen molar-refractivity contribution in [3.63, 3.8) is 0 Å². The largest absolute Gasteiger partial charge is 0.393 e. The number of piperidine rings is 2. The Labute approximate surface area is 531 Å². The zero-order valence-electron chi connectivity index (χ0n) is 49.7. The average Bonchev–Trinajstić information content (AvgIpc) is 1.76. The van der Waals surface area contributed by atoms with E-state index >= 15 is 0 Å². The first-order valence-electron chi connectivity index (χ1n) is 29.5. The number of carbonyl (C=O) groups is 2. The van der Waals surface area contributed by atoms with Crippen molar-refractivity contribution < 1.29 is 40.0 Å². The smallest absolute Gasteiger partial charge is 0.367 e.